The van der Waals surface area contributed by atoms with Gasteiger partial charge in [-0.1, -0.05) is 66.7 Å². The molecule has 29 heavy (non-hydrogen) atoms. The van der Waals surface area contributed by atoms with E-state index in [4.69, 9.17) is 10.2 Å². The molecule has 4 nitrogen and oxygen atoms in total. The number of fused-ring (bicyclic) bond motifs is 3. The number of phenols is 4. The standard InChI is InChI=1S/C19H14O2.C6H6O2/c20-17-10-9-12(11-18(17)21)19-15-7-3-1-5-13(15)14-6-2-4-8-16(14)19;7-5-3-1-2-4-6(5)8/h1-11,19-21H;1-4,7-8H. The molecule has 4 aromatic carbocycles. The van der Waals surface area contributed by atoms with E-state index in [1.54, 1.807) is 24.3 Å². The lowest BCUT2D eigenvalue weighted by Crippen LogP contribution is -1.98. The maximum Gasteiger partial charge on any atom is 0.157 e. The van der Waals surface area contributed by atoms with E-state index in [2.05, 4.69) is 24.3 Å². The average molecular weight is 384 g/mol. The molecule has 0 unspecified atom stereocenters. The highest BCUT2D eigenvalue weighted by Gasteiger charge is 2.29. The molecule has 0 amide bonds. The number of aromatic hydroxyl groups is 4. The van der Waals surface area contributed by atoms with Crippen molar-refractivity contribution in [1.82, 2.24) is 0 Å². The maximum atomic E-state index is 9.81. The average Bonchev–Trinajstić information content (AvgIpc) is 3.07. The van der Waals surface area contributed by atoms with Crippen molar-refractivity contribution in [3.8, 4) is 34.1 Å². The summed E-state index contributed by atoms with van der Waals surface area (Å²) in [6, 6.07) is 27.9. The second-order valence-electron chi connectivity index (χ2n) is 6.84. The molecule has 0 radical (unpaired) electrons. The molecule has 0 aliphatic heterocycles. The smallest absolute Gasteiger partial charge is 0.157 e. The van der Waals surface area contributed by atoms with Crippen molar-refractivity contribution in [3.63, 3.8) is 0 Å². The molecule has 0 atom stereocenters. The summed E-state index contributed by atoms with van der Waals surface area (Å²) in [6.45, 7) is 0. The monoisotopic (exact) mass is 384 g/mol. The third-order valence-corrected chi connectivity index (χ3v) is 5.05. The Bertz CT molecular complexity index is 1100. The van der Waals surface area contributed by atoms with Crippen LogP contribution in [0.5, 0.6) is 23.0 Å². The molecule has 1 aliphatic rings. The molecule has 0 aromatic heterocycles. The molecule has 0 saturated heterocycles. The zero-order valence-corrected chi connectivity index (χ0v) is 15.5. The van der Waals surface area contributed by atoms with Crippen LogP contribution in [0.2, 0.25) is 0 Å². The van der Waals surface area contributed by atoms with Crippen molar-refractivity contribution in [2.24, 2.45) is 0 Å². The Morgan fingerprint density at radius 1 is 0.448 bits per heavy atom. The summed E-state index contributed by atoms with van der Waals surface area (Å²) >= 11 is 0. The second-order valence-corrected chi connectivity index (χ2v) is 6.84. The molecular weight excluding hydrogens is 364 g/mol. The van der Waals surface area contributed by atoms with Crippen LogP contribution < -0.4 is 0 Å². The summed E-state index contributed by atoms with van der Waals surface area (Å²) < 4.78 is 0. The Hall–Kier alpha value is -3.92. The highest BCUT2D eigenvalue weighted by molar-refractivity contribution is 5.80. The lowest BCUT2D eigenvalue weighted by molar-refractivity contribution is 0.403. The third-order valence-electron chi connectivity index (χ3n) is 5.05. The molecule has 0 fully saturated rings. The number of para-hydroxylation sites is 2. The van der Waals surface area contributed by atoms with E-state index in [0.717, 1.165) is 5.56 Å². The SMILES string of the molecule is Oc1ccc(C2c3ccccc3-c3ccccc32)cc1O.Oc1ccccc1O. The van der Waals surface area contributed by atoms with Crippen molar-refractivity contribution in [3.05, 3.63) is 108 Å². The number of benzene rings is 4. The van der Waals surface area contributed by atoms with Gasteiger partial charge in [-0.2, -0.15) is 0 Å². The van der Waals surface area contributed by atoms with Gasteiger partial charge in [0.1, 0.15) is 0 Å². The Balaban J connectivity index is 0.000000216. The normalized spacial score (nSPS) is 11.9. The van der Waals surface area contributed by atoms with Gasteiger partial charge in [0.25, 0.3) is 0 Å². The van der Waals surface area contributed by atoms with Gasteiger partial charge in [0, 0.05) is 5.92 Å². The van der Waals surface area contributed by atoms with Gasteiger partial charge in [-0.05, 0) is 52.1 Å². The first-order valence-electron chi connectivity index (χ1n) is 9.23. The number of hydrogen-bond donors (Lipinski definition) is 4. The first-order chi connectivity index (χ1) is 14.1. The van der Waals surface area contributed by atoms with Crippen molar-refractivity contribution in [2.75, 3.05) is 0 Å². The molecule has 1 aliphatic carbocycles. The van der Waals surface area contributed by atoms with Crippen LogP contribution in [0, 0.1) is 0 Å². The second kappa shape index (κ2) is 7.60. The van der Waals surface area contributed by atoms with Crippen molar-refractivity contribution >= 4 is 0 Å². The third kappa shape index (κ3) is 3.48. The van der Waals surface area contributed by atoms with Crippen molar-refractivity contribution in [1.29, 1.82) is 0 Å². The van der Waals surface area contributed by atoms with Crippen molar-refractivity contribution in [2.45, 2.75) is 5.92 Å². The van der Waals surface area contributed by atoms with Gasteiger partial charge in [-0.3, -0.25) is 0 Å². The van der Waals surface area contributed by atoms with Gasteiger partial charge < -0.3 is 20.4 Å². The van der Waals surface area contributed by atoms with Crippen LogP contribution in [0.3, 0.4) is 0 Å². The minimum Gasteiger partial charge on any atom is -0.504 e. The number of hydrogen-bond acceptors (Lipinski definition) is 4. The van der Waals surface area contributed by atoms with Gasteiger partial charge >= 0.3 is 0 Å². The number of phenolic OH excluding ortho intramolecular Hbond substituents is 4. The van der Waals surface area contributed by atoms with Gasteiger partial charge in [0.15, 0.2) is 23.0 Å². The minimum atomic E-state index is -0.0849. The zero-order chi connectivity index (χ0) is 20.4. The predicted molar refractivity (Wildman–Crippen MR) is 112 cm³/mol. The van der Waals surface area contributed by atoms with E-state index in [1.807, 2.05) is 30.3 Å². The lowest BCUT2D eigenvalue weighted by atomic mass is 9.89. The van der Waals surface area contributed by atoms with E-state index in [-0.39, 0.29) is 28.9 Å². The highest BCUT2D eigenvalue weighted by Crippen LogP contribution is 2.48. The van der Waals surface area contributed by atoms with E-state index in [9.17, 15) is 10.2 Å². The lowest BCUT2D eigenvalue weighted by Gasteiger charge is -2.15. The molecule has 0 spiro atoms. The summed E-state index contributed by atoms with van der Waals surface area (Å²) in [5, 5.41) is 36.7. The van der Waals surface area contributed by atoms with Crippen LogP contribution in [0.15, 0.2) is 91.0 Å². The van der Waals surface area contributed by atoms with Gasteiger partial charge in [0.05, 0.1) is 0 Å². The van der Waals surface area contributed by atoms with E-state index < -0.39 is 0 Å². The Labute approximate surface area is 168 Å². The van der Waals surface area contributed by atoms with Crippen LogP contribution in [-0.2, 0) is 0 Å². The summed E-state index contributed by atoms with van der Waals surface area (Å²) in [4.78, 5) is 0. The highest BCUT2D eigenvalue weighted by atomic mass is 16.3. The summed E-state index contributed by atoms with van der Waals surface area (Å²) in [5.41, 5.74) is 5.95. The Morgan fingerprint density at radius 2 is 0.897 bits per heavy atom. The predicted octanol–water partition coefficient (Wildman–Crippen LogP) is 5.36. The molecule has 144 valence electrons. The molecular formula is C25H20O4. The molecule has 4 N–H and O–H groups in total. The fourth-order valence-corrected chi connectivity index (χ4v) is 3.70. The fourth-order valence-electron chi connectivity index (χ4n) is 3.70. The topological polar surface area (TPSA) is 80.9 Å². The van der Waals surface area contributed by atoms with Crippen LogP contribution in [0.25, 0.3) is 11.1 Å². The Morgan fingerprint density at radius 3 is 1.38 bits per heavy atom. The van der Waals surface area contributed by atoms with E-state index in [0.29, 0.717) is 0 Å². The summed E-state index contributed by atoms with van der Waals surface area (Å²) in [7, 11) is 0. The quantitative estimate of drug-likeness (QED) is 0.294. The minimum absolute atomic E-state index is 0.0747. The zero-order valence-electron chi connectivity index (χ0n) is 15.5. The molecule has 5 rings (SSSR count). The van der Waals surface area contributed by atoms with Crippen molar-refractivity contribution < 1.29 is 20.4 Å². The number of rotatable bonds is 1. The Kier molecular flexibility index (Phi) is 4.83. The first-order valence-corrected chi connectivity index (χ1v) is 9.23. The van der Waals surface area contributed by atoms with E-state index in [1.165, 1.54) is 34.4 Å². The molecule has 0 bridgehead atoms. The molecule has 0 saturated carbocycles. The molecule has 4 heteroatoms. The molecule has 4 aromatic rings. The van der Waals surface area contributed by atoms with Gasteiger partial charge in [-0.15, -0.1) is 0 Å². The van der Waals surface area contributed by atoms with Crippen LogP contribution >= 0.6 is 0 Å². The van der Waals surface area contributed by atoms with Gasteiger partial charge in [-0.25, -0.2) is 0 Å². The van der Waals surface area contributed by atoms with E-state index >= 15 is 0 Å². The summed E-state index contributed by atoms with van der Waals surface area (Å²) in [6.07, 6.45) is 0. The van der Waals surface area contributed by atoms with Gasteiger partial charge in [0.2, 0.25) is 0 Å². The van der Waals surface area contributed by atoms with Crippen LogP contribution in [-0.4, -0.2) is 20.4 Å². The van der Waals surface area contributed by atoms with Crippen LogP contribution in [0.1, 0.15) is 22.6 Å². The van der Waals surface area contributed by atoms with Crippen LogP contribution in [0.4, 0.5) is 0 Å². The molecule has 0 heterocycles. The first kappa shape index (κ1) is 18.4. The maximum absolute atomic E-state index is 9.81. The fraction of sp³-hybridized carbons (Fsp3) is 0.0400. The largest absolute Gasteiger partial charge is 0.504 e. The summed E-state index contributed by atoms with van der Waals surface area (Å²) in [5.74, 6) is -0.212.